The van der Waals surface area contributed by atoms with Gasteiger partial charge in [-0.1, -0.05) is 10.4 Å². The zero-order valence-corrected chi connectivity index (χ0v) is 61.5. The molecule has 97 heavy (non-hydrogen) atoms. The van der Waals surface area contributed by atoms with Gasteiger partial charge in [0.1, 0.15) is 24.8 Å². The van der Waals surface area contributed by atoms with Crippen molar-refractivity contribution in [1.82, 2.24) is 186 Å². The molecule has 0 spiro atoms. The fourth-order valence-corrected chi connectivity index (χ4v) is 6.20. The van der Waals surface area contributed by atoms with E-state index in [0.29, 0.717) is 60.4 Å². The second-order valence-corrected chi connectivity index (χ2v) is 24.1. The largest absolute Gasteiger partial charge is 0.455 e. The number of alkyl halides is 3. The average molecular weight is 1360 g/mol. The van der Waals surface area contributed by atoms with Gasteiger partial charge in [-0.15, -0.1) is 51.0 Å². The van der Waals surface area contributed by atoms with Crippen LogP contribution >= 0.6 is 0 Å². The molecular formula is C57H104F3N37. The van der Waals surface area contributed by atoms with Crippen LogP contribution in [0.2, 0.25) is 0 Å². The maximum atomic E-state index is 11.9. The Bertz CT molecular complexity index is 3180. The molecule has 11 aromatic rings. The van der Waals surface area contributed by atoms with Crippen LogP contribution in [0.1, 0.15) is 253 Å². The predicted molar refractivity (Wildman–Crippen MR) is 354 cm³/mol. The van der Waals surface area contributed by atoms with E-state index < -0.39 is 12.0 Å². The molecule has 0 saturated heterocycles. The number of rotatable bonds is 11. The molecule has 0 aliphatic rings. The minimum Gasteiger partial charge on any atom is -0.270 e. The second kappa shape index (κ2) is 44.7. The average Bonchev–Trinajstić information content (AvgIpc) is 2.18. The number of aromatic nitrogens is 37. The van der Waals surface area contributed by atoms with Crippen LogP contribution < -0.4 is 0 Å². The number of nitrogens with zero attached hydrogens (tertiary/aromatic N) is 37. The Morgan fingerprint density at radius 3 is 1.16 bits per heavy atom. The van der Waals surface area contributed by atoms with Crippen molar-refractivity contribution in [2.45, 2.75) is 260 Å². The molecular weight excluding hydrogens is 1260 g/mol. The maximum absolute atomic E-state index is 11.9. The summed E-state index contributed by atoms with van der Waals surface area (Å²) in [6.07, 6.45) is 16.1. The van der Waals surface area contributed by atoms with Crippen LogP contribution in [0.4, 0.5) is 13.2 Å². The number of hydrogen-bond donors (Lipinski definition) is 0. The molecule has 0 bridgehead atoms. The number of halogens is 3. The Hall–Kier alpha value is -9.95. The first-order valence-corrected chi connectivity index (χ1v) is 31.6. The Morgan fingerprint density at radius 2 is 0.928 bits per heavy atom. The van der Waals surface area contributed by atoms with Crippen molar-refractivity contribution in [3.8, 4) is 0 Å². The minimum absolute atomic E-state index is 0.214. The highest BCUT2D eigenvalue weighted by atomic mass is 19.4. The summed E-state index contributed by atoms with van der Waals surface area (Å²) >= 11 is 0. The third kappa shape index (κ3) is 35.4. The first-order chi connectivity index (χ1) is 45.5. The van der Waals surface area contributed by atoms with E-state index >= 15 is 0 Å². The van der Waals surface area contributed by atoms with Crippen LogP contribution in [-0.2, 0) is 6.18 Å². The summed E-state index contributed by atoms with van der Waals surface area (Å²) in [5.41, 5.74) is 3.32. The zero-order chi connectivity index (χ0) is 73.5. The van der Waals surface area contributed by atoms with E-state index in [4.69, 9.17) is 0 Å². The second-order valence-electron chi connectivity index (χ2n) is 24.1. The first-order valence-electron chi connectivity index (χ1n) is 31.6. The molecule has 0 radical (unpaired) electrons. The molecule has 0 N–H and O–H groups in total. The van der Waals surface area contributed by atoms with Crippen molar-refractivity contribution >= 4 is 0 Å². The van der Waals surface area contributed by atoms with E-state index in [1.54, 1.807) is 102 Å². The highest BCUT2D eigenvalue weighted by Crippen LogP contribution is 2.25. The molecule has 40 heteroatoms. The lowest BCUT2D eigenvalue weighted by Crippen LogP contribution is -2.10. The Kier molecular flexibility index (Phi) is 39.2. The van der Waals surface area contributed by atoms with Gasteiger partial charge >= 0.3 is 6.18 Å². The summed E-state index contributed by atoms with van der Waals surface area (Å²) in [6.45, 7) is 54.1. The molecule has 0 aromatic carbocycles. The van der Waals surface area contributed by atoms with Crippen LogP contribution in [0.25, 0.3) is 0 Å². The molecule has 0 atom stereocenters. The monoisotopic (exact) mass is 1360 g/mol. The van der Waals surface area contributed by atoms with Crippen LogP contribution in [0.5, 0.6) is 0 Å². The normalized spacial score (nSPS) is 10.8. The molecule has 0 saturated carbocycles. The maximum Gasteiger partial charge on any atom is 0.455 e. The van der Waals surface area contributed by atoms with Crippen molar-refractivity contribution in [1.29, 1.82) is 0 Å². The topological polar surface area (TPSA) is 389 Å². The van der Waals surface area contributed by atoms with E-state index in [-0.39, 0.29) is 6.04 Å². The first kappa shape index (κ1) is 85.1. The molecule has 11 aromatic heterocycles. The minimum atomic E-state index is -4.51. The molecule has 0 amide bonds. The quantitative estimate of drug-likeness (QED) is 0.116. The van der Waals surface area contributed by atoms with Gasteiger partial charge in [-0.3, -0.25) is 14.0 Å². The molecule has 37 nitrogen and oxygen atoms in total. The molecule has 11 rings (SSSR count). The van der Waals surface area contributed by atoms with Gasteiger partial charge in [-0.2, -0.15) is 67.7 Å². The Labute approximate surface area is 565 Å². The number of hydrogen-bond acceptors (Lipinski definition) is 26. The lowest BCUT2D eigenvalue weighted by Gasteiger charge is -2.04. The van der Waals surface area contributed by atoms with Gasteiger partial charge in [-0.25, -0.2) is 19.0 Å². The van der Waals surface area contributed by atoms with Gasteiger partial charge in [0.2, 0.25) is 0 Å². The summed E-state index contributed by atoms with van der Waals surface area (Å²) in [5.74, 6) is 0.393. The molecule has 0 aliphatic heterocycles. The lowest BCUT2D eigenvalue weighted by molar-refractivity contribution is -0.145. The fourth-order valence-electron chi connectivity index (χ4n) is 6.20. The van der Waals surface area contributed by atoms with Crippen molar-refractivity contribution in [2.24, 2.45) is 0 Å². The summed E-state index contributed by atoms with van der Waals surface area (Å²) in [6, 6.07) is 3.66. The molecule has 0 fully saturated rings. The smallest absolute Gasteiger partial charge is 0.270 e. The summed E-state index contributed by atoms with van der Waals surface area (Å²) in [5, 5.41) is 92.5. The lowest BCUT2D eigenvalue weighted by atomic mass is 10.4. The van der Waals surface area contributed by atoms with Gasteiger partial charge in [0, 0.05) is 42.6 Å². The third-order valence-corrected chi connectivity index (χ3v) is 11.4. The van der Waals surface area contributed by atoms with Gasteiger partial charge < -0.3 is 0 Å². The third-order valence-electron chi connectivity index (χ3n) is 11.4. The highest BCUT2D eigenvalue weighted by molar-refractivity contribution is 5.00. The molecule has 538 valence electrons. The van der Waals surface area contributed by atoms with Crippen molar-refractivity contribution in [2.75, 3.05) is 0 Å². The summed E-state index contributed by atoms with van der Waals surface area (Å²) < 4.78 is 46.6. The standard InChI is InChI=1S/C7H12N2.2C6H11N3.C5H7F3N4.2C5H10N4.3C5H9N3.2C4H8N4/c1-6(2)9-5-7(3)4-8-9;1-5(2)9-6(3)4-7-8-9;1-5(2)9-7-4-6(3)8-9;1-3(2)12-10-4(9-11-12)5(6,7)8;1-4(2)9-5(3)6-7-8-9;1-4(2)9-7-5(3)6-8-9;1-5(2)8-4-6-3-7-8;1-5(2)8-4-3-6-7-8;1-5(2)8-6-3-4-7-8;1-4(2)8-3-5-6-7-8;1-4(2)8-6-3-5-7-8/h4-6H,1-3H3;2*4-5H,1-3H3;3H,1-2H3;2*4H,1-3H3;3*3-5H,1-2H3;2*3-4H,1-2H3. The molecule has 0 aliphatic carbocycles. The van der Waals surface area contributed by atoms with Crippen molar-refractivity contribution in [3.05, 3.63) is 109 Å². The van der Waals surface area contributed by atoms with Gasteiger partial charge in [0.05, 0.1) is 84.8 Å². The van der Waals surface area contributed by atoms with Crippen LogP contribution in [-0.4, -0.2) is 186 Å². The van der Waals surface area contributed by atoms with Gasteiger partial charge in [0.15, 0.2) is 12.2 Å². The van der Waals surface area contributed by atoms with E-state index in [1.165, 1.54) is 11.9 Å². The predicted octanol–water partition coefficient (Wildman–Crippen LogP) is 9.59. The van der Waals surface area contributed by atoms with Gasteiger partial charge in [0.25, 0.3) is 5.82 Å². The summed E-state index contributed by atoms with van der Waals surface area (Å²) in [7, 11) is 0. The van der Waals surface area contributed by atoms with Crippen molar-refractivity contribution in [3.63, 3.8) is 0 Å². The molecule has 0 unspecified atom stereocenters. The zero-order valence-electron chi connectivity index (χ0n) is 61.5. The van der Waals surface area contributed by atoms with Crippen LogP contribution in [0, 0.1) is 34.6 Å². The Morgan fingerprint density at radius 1 is 0.361 bits per heavy atom. The summed E-state index contributed by atoms with van der Waals surface area (Å²) in [4.78, 5) is 11.2. The van der Waals surface area contributed by atoms with Crippen LogP contribution in [0.15, 0.2) is 74.9 Å². The molecule has 11 heterocycles. The highest BCUT2D eigenvalue weighted by Gasteiger charge is 2.37. The van der Waals surface area contributed by atoms with E-state index in [2.05, 4.69) is 203 Å². The van der Waals surface area contributed by atoms with E-state index in [0.717, 1.165) is 27.8 Å². The number of aryl methyl sites for hydroxylation is 5. The van der Waals surface area contributed by atoms with Crippen molar-refractivity contribution < 1.29 is 13.2 Å². The number of tetrazole rings is 5. The Balaban J connectivity index is 0.000000534. The SMILES string of the molecule is CC(C)n1ccnn1.CC(C)n1cncn1.CC(C)n1cnnn1.CC(C)n1nccn1.CC(C)n1ncnn1.CC(C)n1nnc(C(F)(F)F)n1.Cc1cnn(C(C)C)c1.Cc1cnn(C(C)C)n1.Cc1cnnn1C(C)C.Cc1nnn(C(C)C)n1.Cc1nnnn1C(C)C. The fraction of sp³-hybridized carbons (Fsp3) is 0.684. The van der Waals surface area contributed by atoms with E-state index in [9.17, 15) is 13.2 Å². The van der Waals surface area contributed by atoms with E-state index in [1.807, 2.05) is 132 Å². The van der Waals surface area contributed by atoms with Crippen LogP contribution in [0.3, 0.4) is 0 Å². The van der Waals surface area contributed by atoms with Gasteiger partial charge in [-0.05, 0) is 229 Å².